The van der Waals surface area contributed by atoms with E-state index in [0.29, 0.717) is 38.3 Å². The van der Waals surface area contributed by atoms with E-state index in [1.54, 1.807) is 6.07 Å². The van der Waals surface area contributed by atoms with Crippen LogP contribution in [0.2, 0.25) is 0 Å². The van der Waals surface area contributed by atoms with Crippen LogP contribution in [-0.4, -0.2) is 25.7 Å². The minimum atomic E-state index is -4.37. The summed E-state index contributed by atoms with van der Waals surface area (Å²) in [6, 6.07) is 4.06. The molecule has 0 N–H and O–H groups in total. The van der Waals surface area contributed by atoms with Gasteiger partial charge < -0.3 is 9.64 Å². The highest BCUT2D eigenvalue weighted by molar-refractivity contribution is 5.97. The van der Waals surface area contributed by atoms with Gasteiger partial charge in [-0.05, 0) is 37.0 Å². The highest BCUT2D eigenvalue weighted by atomic mass is 19.4. The average Bonchev–Trinajstić information content (AvgIpc) is 2.90. The normalized spacial score (nSPS) is 19.7. The SMILES string of the molecule is O=C(C1CCOCC1)N1CCc2c1cccc2C(F)(F)F. The molecule has 1 saturated heterocycles. The number of anilines is 1. The van der Waals surface area contributed by atoms with Crippen LogP contribution in [-0.2, 0) is 22.1 Å². The summed E-state index contributed by atoms with van der Waals surface area (Å²) in [4.78, 5) is 14.0. The number of ether oxygens (including phenoxy) is 1. The molecule has 1 fully saturated rings. The van der Waals surface area contributed by atoms with Crippen molar-refractivity contribution in [2.75, 3.05) is 24.7 Å². The molecule has 0 saturated carbocycles. The largest absolute Gasteiger partial charge is 0.416 e. The van der Waals surface area contributed by atoms with Gasteiger partial charge in [-0.2, -0.15) is 13.2 Å². The van der Waals surface area contributed by atoms with Crippen molar-refractivity contribution in [1.29, 1.82) is 0 Å². The predicted octanol–water partition coefficient (Wildman–Crippen LogP) is 3.02. The van der Waals surface area contributed by atoms with Gasteiger partial charge in [0.1, 0.15) is 0 Å². The Bertz CT molecular complexity index is 550. The Hall–Kier alpha value is -1.56. The molecule has 2 heterocycles. The standard InChI is InChI=1S/C15H16F3NO2/c16-15(17,18)12-2-1-3-13-11(12)4-7-19(13)14(20)10-5-8-21-9-6-10/h1-3,10H,4-9H2. The number of alkyl halides is 3. The molecule has 0 atom stereocenters. The Morgan fingerprint density at radius 3 is 2.62 bits per heavy atom. The number of amides is 1. The molecule has 3 nitrogen and oxygen atoms in total. The molecule has 0 bridgehead atoms. The Morgan fingerprint density at radius 1 is 1.24 bits per heavy atom. The van der Waals surface area contributed by atoms with Gasteiger partial charge >= 0.3 is 6.18 Å². The van der Waals surface area contributed by atoms with E-state index in [4.69, 9.17) is 4.74 Å². The zero-order valence-electron chi connectivity index (χ0n) is 11.4. The van der Waals surface area contributed by atoms with E-state index in [-0.39, 0.29) is 23.8 Å². The molecule has 2 aliphatic heterocycles. The van der Waals surface area contributed by atoms with E-state index in [2.05, 4.69) is 0 Å². The third-order valence-corrected chi connectivity index (χ3v) is 4.17. The smallest absolute Gasteiger partial charge is 0.381 e. The zero-order valence-corrected chi connectivity index (χ0v) is 11.4. The predicted molar refractivity (Wildman–Crippen MR) is 71.0 cm³/mol. The van der Waals surface area contributed by atoms with Crippen molar-refractivity contribution in [3.63, 3.8) is 0 Å². The summed E-state index contributed by atoms with van der Waals surface area (Å²) in [7, 11) is 0. The monoisotopic (exact) mass is 299 g/mol. The average molecular weight is 299 g/mol. The fourth-order valence-electron chi connectivity index (χ4n) is 3.09. The van der Waals surface area contributed by atoms with Crippen LogP contribution in [0, 0.1) is 5.92 Å². The minimum absolute atomic E-state index is 0.0728. The van der Waals surface area contributed by atoms with Crippen molar-refractivity contribution in [3.8, 4) is 0 Å². The van der Waals surface area contributed by atoms with Crippen LogP contribution in [0.3, 0.4) is 0 Å². The minimum Gasteiger partial charge on any atom is -0.381 e. The third-order valence-electron chi connectivity index (χ3n) is 4.17. The van der Waals surface area contributed by atoms with E-state index >= 15 is 0 Å². The van der Waals surface area contributed by atoms with Crippen LogP contribution in [0.1, 0.15) is 24.0 Å². The van der Waals surface area contributed by atoms with Gasteiger partial charge in [-0.3, -0.25) is 4.79 Å². The second kappa shape index (κ2) is 5.33. The van der Waals surface area contributed by atoms with Gasteiger partial charge in [0.05, 0.1) is 5.56 Å². The molecule has 21 heavy (non-hydrogen) atoms. The van der Waals surface area contributed by atoms with E-state index in [9.17, 15) is 18.0 Å². The first-order valence-electron chi connectivity index (χ1n) is 7.06. The Kier molecular flexibility index (Phi) is 3.65. The van der Waals surface area contributed by atoms with Crippen LogP contribution >= 0.6 is 0 Å². The van der Waals surface area contributed by atoms with Gasteiger partial charge in [0.15, 0.2) is 0 Å². The van der Waals surface area contributed by atoms with Crippen molar-refractivity contribution < 1.29 is 22.7 Å². The molecule has 0 aromatic heterocycles. The van der Waals surface area contributed by atoms with Crippen LogP contribution in [0.25, 0.3) is 0 Å². The number of benzene rings is 1. The van der Waals surface area contributed by atoms with Crippen molar-refractivity contribution in [3.05, 3.63) is 29.3 Å². The number of halogens is 3. The van der Waals surface area contributed by atoms with Crippen LogP contribution in [0.4, 0.5) is 18.9 Å². The Balaban J connectivity index is 1.88. The van der Waals surface area contributed by atoms with Crippen molar-refractivity contribution in [2.24, 2.45) is 5.92 Å². The van der Waals surface area contributed by atoms with Crippen molar-refractivity contribution in [1.82, 2.24) is 0 Å². The molecular weight excluding hydrogens is 283 g/mol. The molecule has 0 radical (unpaired) electrons. The molecule has 0 aliphatic carbocycles. The Morgan fingerprint density at radius 2 is 1.95 bits per heavy atom. The van der Waals surface area contributed by atoms with E-state index in [1.165, 1.54) is 11.0 Å². The summed E-state index contributed by atoms with van der Waals surface area (Å²) >= 11 is 0. The molecule has 6 heteroatoms. The second-order valence-electron chi connectivity index (χ2n) is 5.43. The summed E-state index contributed by atoms with van der Waals surface area (Å²) in [5, 5.41) is 0. The lowest BCUT2D eigenvalue weighted by atomic mass is 9.98. The summed E-state index contributed by atoms with van der Waals surface area (Å²) in [6.45, 7) is 1.41. The maximum absolute atomic E-state index is 13.0. The van der Waals surface area contributed by atoms with Crippen molar-refractivity contribution in [2.45, 2.75) is 25.4 Å². The summed E-state index contributed by atoms with van der Waals surface area (Å²) in [5.41, 5.74) is 0.0361. The zero-order chi connectivity index (χ0) is 15.0. The van der Waals surface area contributed by atoms with Crippen LogP contribution in [0.5, 0.6) is 0 Å². The highest BCUT2D eigenvalue weighted by Crippen LogP contribution is 2.40. The van der Waals surface area contributed by atoms with Crippen LogP contribution in [0.15, 0.2) is 18.2 Å². The highest BCUT2D eigenvalue weighted by Gasteiger charge is 2.38. The molecule has 1 aromatic rings. The number of rotatable bonds is 1. The van der Waals surface area contributed by atoms with Gasteiger partial charge in [-0.1, -0.05) is 6.07 Å². The molecule has 0 spiro atoms. The lowest BCUT2D eigenvalue weighted by molar-refractivity contribution is -0.138. The number of carbonyl (C=O) groups is 1. The molecular formula is C15H16F3NO2. The number of hydrogen-bond acceptors (Lipinski definition) is 2. The van der Waals surface area contributed by atoms with Crippen LogP contribution < -0.4 is 4.90 Å². The number of carbonyl (C=O) groups excluding carboxylic acids is 1. The topological polar surface area (TPSA) is 29.5 Å². The molecule has 1 aromatic carbocycles. The fourth-order valence-corrected chi connectivity index (χ4v) is 3.09. The third kappa shape index (κ3) is 2.64. The van der Waals surface area contributed by atoms with Gasteiger partial charge in [0.25, 0.3) is 0 Å². The van der Waals surface area contributed by atoms with Gasteiger partial charge in [-0.15, -0.1) is 0 Å². The maximum atomic E-state index is 13.0. The first-order valence-corrected chi connectivity index (χ1v) is 7.06. The van der Waals surface area contributed by atoms with E-state index in [0.717, 1.165) is 6.07 Å². The lowest BCUT2D eigenvalue weighted by Gasteiger charge is -2.27. The number of nitrogens with zero attached hydrogens (tertiary/aromatic N) is 1. The quantitative estimate of drug-likeness (QED) is 0.798. The first-order chi connectivity index (χ1) is 9.98. The molecule has 0 unspecified atom stereocenters. The van der Waals surface area contributed by atoms with E-state index in [1.807, 2.05) is 0 Å². The Labute approximate surface area is 120 Å². The molecule has 1 amide bonds. The summed E-state index contributed by atoms with van der Waals surface area (Å²) in [5.74, 6) is -0.212. The fraction of sp³-hybridized carbons (Fsp3) is 0.533. The van der Waals surface area contributed by atoms with E-state index < -0.39 is 11.7 Å². The first kappa shape index (κ1) is 14.4. The maximum Gasteiger partial charge on any atom is 0.416 e. The number of fused-ring (bicyclic) bond motifs is 1. The van der Waals surface area contributed by atoms with Gasteiger partial charge in [-0.25, -0.2) is 0 Å². The molecule has 114 valence electrons. The summed E-state index contributed by atoms with van der Waals surface area (Å²) < 4.78 is 44.2. The van der Waals surface area contributed by atoms with Gasteiger partial charge in [0, 0.05) is 31.4 Å². The number of hydrogen-bond donors (Lipinski definition) is 0. The van der Waals surface area contributed by atoms with Crippen molar-refractivity contribution >= 4 is 11.6 Å². The second-order valence-corrected chi connectivity index (χ2v) is 5.43. The summed E-state index contributed by atoms with van der Waals surface area (Å²) in [6.07, 6.45) is -2.82. The lowest BCUT2D eigenvalue weighted by Crippen LogP contribution is -2.37. The van der Waals surface area contributed by atoms with Gasteiger partial charge in [0.2, 0.25) is 5.91 Å². The molecule has 2 aliphatic rings. The molecule has 3 rings (SSSR count).